The van der Waals surface area contributed by atoms with E-state index in [1.807, 2.05) is 24.3 Å². The Morgan fingerprint density at radius 2 is 1.46 bits per heavy atom. The van der Waals surface area contributed by atoms with Gasteiger partial charge in [0.1, 0.15) is 12.4 Å². The van der Waals surface area contributed by atoms with Crippen LogP contribution >= 0.6 is 23.2 Å². The highest BCUT2D eigenvalue weighted by molar-refractivity contribution is 6.50. The molecule has 1 heterocycles. The Hall–Kier alpha value is -1.71. The van der Waals surface area contributed by atoms with Crippen LogP contribution in [0.5, 0.6) is 0 Å². The molecule has 2 radical (unpaired) electrons. The van der Waals surface area contributed by atoms with Crippen molar-refractivity contribution < 1.29 is 4.57 Å². The van der Waals surface area contributed by atoms with Crippen LogP contribution in [0.25, 0.3) is 0 Å². The Morgan fingerprint density at radius 3 is 1.88 bits per heavy atom. The van der Waals surface area contributed by atoms with Gasteiger partial charge in [0.2, 0.25) is 0 Å². The van der Waals surface area contributed by atoms with Crippen molar-refractivity contribution >= 4 is 36.2 Å². The molecule has 3 aromatic rings. The molecular formula is C19H19BCl2N2. The summed E-state index contributed by atoms with van der Waals surface area (Å²) in [5.41, 5.74) is 3.67. The zero-order chi connectivity index (χ0) is 17.1. The summed E-state index contributed by atoms with van der Waals surface area (Å²) in [5.74, 6) is 0.259. The van der Waals surface area contributed by atoms with Crippen LogP contribution in [0.2, 0.25) is 16.4 Å². The Balaban J connectivity index is 1.89. The molecule has 0 amide bonds. The van der Waals surface area contributed by atoms with E-state index in [9.17, 15) is 0 Å². The summed E-state index contributed by atoms with van der Waals surface area (Å²) in [4.78, 5) is 0. The van der Waals surface area contributed by atoms with E-state index < -0.39 is 0 Å². The van der Waals surface area contributed by atoms with Gasteiger partial charge in [-0.05, 0) is 41.3 Å². The molecule has 0 saturated carbocycles. The van der Waals surface area contributed by atoms with Gasteiger partial charge in [-0.25, -0.2) is 6.32 Å². The Bertz CT molecular complexity index is 745. The molecule has 5 heteroatoms. The third-order valence-electron chi connectivity index (χ3n) is 4.32. The van der Waals surface area contributed by atoms with Gasteiger partial charge >= 0.3 is 0 Å². The summed E-state index contributed by atoms with van der Waals surface area (Å²) in [6.45, 7) is 0. The lowest BCUT2D eigenvalue weighted by Crippen LogP contribution is -2.49. The van der Waals surface area contributed by atoms with E-state index in [0.29, 0.717) is 0 Å². The van der Waals surface area contributed by atoms with Crippen molar-refractivity contribution in [3.05, 3.63) is 82.1 Å². The smallest absolute Gasteiger partial charge is 0.125 e. The van der Waals surface area contributed by atoms with Gasteiger partial charge < -0.3 is 0 Å². The first-order valence-electron chi connectivity index (χ1n) is 7.89. The fourth-order valence-corrected chi connectivity index (χ4v) is 3.22. The van der Waals surface area contributed by atoms with Crippen LogP contribution in [0.3, 0.4) is 0 Å². The number of hydrogen-bond donors (Lipinski definition) is 0. The summed E-state index contributed by atoms with van der Waals surface area (Å²) < 4.78 is 4.25. The molecule has 0 N–H and O–H groups in total. The van der Waals surface area contributed by atoms with E-state index in [-0.39, 0.29) is 5.92 Å². The minimum atomic E-state index is 0.259. The molecule has 0 fully saturated rings. The largest absolute Gasteiger partial charge is 0.280 e. The number of rotatable bonds is 5. The van der Waals surface area contributed by atoms with Crippen molar-refractivity contribution in [2.75, 3.05) is 0 Å². The van der Waals surface area contributed by atoms with Crippen LogP contribution in [-0.4, -0.2) is 11.8 Å². The lowest BCUT2D eigenvalue weighted by atomic mass is 9.65. The van der Waals surface area contributed by atoms with Crippen molar-refractivity contribution in [3.63, 3.8) is 0 Å². The molecule has 2 aromatic carbocycles. The predicted molar refractivity (Wildman–Crippen MR) is 102 cm³/mol. The molecule has 1 aromatic heterocycles. The van der Waals surface area contributed by atoms with Crippen LogP contribution in [0.1, 0.15) is 17.0 Å². The number of halogens is 2. The van der Waals surface area contributed by atoms with E-state index in [0.717, 1.165) is 16.4 Å². The molecule has 0 unspecified atom stereocenters. The second-order valence-corrected chi connectivity index (χ2v) is 6.85. The van der Waals surface area contributed by atoms with E-state index in [2.05, 4.69) is 67.2 Å². The first-order valence-corrected chi connectivity index (χ1v) is 8.65. The average molecular weight is 357 g/mol. The highest BCUT2D eigenvalue weighted by Gasteiger charge is 2.11. The van der Waals surface area contributed by atoms with Gasteiger partial charge in [-0.1, -0.05) is 47.5 Å². The second kappa shape index (κ2) is 7.46. The zero-order valence-corrected chi connectivity index (χ0v) is 15.3. The predicted octanol–water partition coefficient (Wildman–Crippen LogP) is 3.74. The van der Waals surface area contributed by atoms with Crippen molar-refractivity contribution in [1.29, 1.82) is 0 Å². The Morgan fingerprint density at radius 1 is 0.958 bits per heavy atom. The lowest BCUT2D eigenvalue weighted by Gasteiger charge is -2.24. The maximum atomic E-state index is 6.05. The SMILES string of the molecule is Cn1cc[n+](C)c1[B-]CC(c1ccc(Cl)cc1)c1ccc(Cl)cc1. The number of benzene rings is 2. The average Bonchev–Trinajstić information content (AvgIpc) is 2.90. The van der Waals surface area contributed by atoms with Crippen molar-refractivity contribution in [3.8, 4) is 0 Å². The van der Waals surface area contributed by atoms with Crippen LogP contribution < -0.4 is 10.3 Å². The molecular weight excluding hydrogens is 338 g/mol. The fourth-order valence-electron chi connectivity index (χ4n) is 2.97. The molecule has 2 nitrogen and oxygen atoms in total. The topological polar surface area (TPSA) is 8.81 Å². The summed E-state index contributed by atoms with van der Waals surface area (Å²) in [7, 11) is 6.39. The molecule has 0 aliphatic heterocycles. The highest BCUT2D eigenvalue weighted by atomic mass is 35.5. The van der Waals surface area contributed by atoms with E-state index in [1.165, 1.54) is 16.9 Å². The first-order chi connectivity index (χ1) is 11.5. The molecule has 0 saturated heterocycles. The van der Waals surface area contributed by atoms with E-state index in [1.54, 1.807) is 0 Å². The quantitative estimate of drug-likeness (QED) is 0.486. The van der Waals surface area contributed by atoms with Crippen molar-refractivity contribution in [1.82, 2.24) is 4.57 Å². The molecule has 122 valence electrons. The van der Waals surface area contributed by atoms with Crippen molar-refractivity contribution in [2.24, 2.45) is 14.1 Å². The summed E-state index contributed by atoms with van der Waals surface area (Å²) >= 11 is 12.1. The molecule has 24 heavy (non-hydrogen) atoms. The molecule has 0 aliphatic carbocycles. The fraction of sp³-hybridized carbons (Fsp3) is 0.211. The second-order valence-electron chi connectivity index (χ2n) is 5.97. The molecule has 0 atom stereocenters. The van der Waals surface area contributed by atoms with E-state index in [4.69, 9.17) is 23.2 Å². The summed E-state index contributed by atoms with van der Waals surface area (Å²) in [6, 6.07) is 16.2. The number of nitrogens with zero attached hydrogens (tertiary/aromatic N) is 2. The lowest BCUT2D eigenvalue weighted by molar-refractivity contribution is -0.653. The van der Waals surface area contributed by atoms with Gasteiger partial charge in [0.05, 0.1) is 14.1 Å². The Kier molecular flexibility index (Phi) is 5.32. The molecule has 3 rings (SSSR count). The summed E-state index contributed by atoms with van der Waals surface area (Å²) in [6.07, 6.45) is 5.02. The number of aromatic nitrogens is 2. The van der Waals surface area contributed by atoms with Crippen LogP contribution in [-0.2, 0) is 14.1 Å². The number of aryl methyl sites for hydroxylation is 2. The number of imidazole rings is 1. The highest BCUT2D eigenvalue weighted by Crippen LogP contribution is 2.30. The maximum absolute atomic E-state index is 6.05. The standard InChI is InChI=1S/C19H19BCl2N2/c1-23-11-12-24(2)19(23)20-13-18(14-3-7-16(21)8-4-14)15-5-9-17(22)10-6-15/h3-12,18H,13H2,1-2H3. The van der Waals surface area contributed by atoms with Gasteiger partial charge in [-0.2, -0.15) is 7.28 Å². The van der Waals surface area contributed by atoms with Crippen molar-refractivity contribution in [2.45, 2.75) is 12.2 Å². The Labute approximate surface area is 153 Å². The maximum Gasteiger partial charge on any atom is 0.125 e. The number of hydrogen-bond acceptors (Lipinski definition) is 0. The van der Waals surface area contributed by atoms with Gasteiger partial charge in [-0.3, -0.25) is 9.13 Å². The van der Waals surface area contributed by atoms with Gasteiger partial charge in [-0.15, -0.1) is 0 Å². The minimum Gasteiger partial charge on any atom is -0.280 e. The van der Waals surface area contributed by atoms with Crippen LogP contribution in [0, 0.1) is 0 Å². The van der Waals surface area contributed by atoms with Crippen LogP contribution in [0.4, 0.5) is 0 Å². The van der Waals surface area contributed by atoms with Gasteiger partial charge in [0.15, 0.2) is 0 Å². The summed E-state index contributed by atoms with van der Waals surface area (Å²) in [5, 5.41) is 1.51. The van der Waals surface area contributed by atoms with Crippen LogP contribution in [0.15, 0.2) is 60.9 Å². The van der Waals surface area contributed by atoms with Gasteiger partial charge in [0, 0.05) is 15.8 Å². The zero-order valence-electron chi connectivity index (χ0n) is 13.8. The molecule has 0 aliphatic rings. The third kappa shape index (κ3) is 3.85. The first kappa shape index (κ1) is 17.1. The molecule has 0 bridgehead atoms. The molecule has 0 spiro atoms. The normalized spacial score (nSPS) is 11.2. The van der Waals surface area contributed by atoms with E-state index >= 15 is 0 Å². The monoisotopic (exact) mass is 356 g/mol. The minimum absolute atomic E-state index is 0.259. The van der Waals surface area contributed by atoms with Gasteiger partial charge in [0.25, 0.3) is 0 Å². The third-order valence-corrected chi connectivity index (χ3v) is 4.82.